The summed E-state index contributed by atoms with van der Waals surface area (Å²) in [6.07, 6.45) is 1.68. The molecular formula is C20H29N3O2S. The van der Waals surface area contributed by atoms with Crippen molar-refractivity contribution >= 4 is 23.6 Å². The van der Waals surface area contributed by atoms with E-state index in [1.54, 1.807) is 16.7 Å². The van der Waals surface area contributed by atoms with E-state index in [2.05, 4.69) is 20.8 Å². The summed E-state index contributed by atoms with van der Waals surface area (Å²) in [5.74, 6) is 1.26. The second-order valence-electron chi connectivity index (χ2n) is 8.28. The molecule has 1 aromatic carbocycles. The second kappa shape index (κ2) is 7.61. The summed E-state index contributed by atoms with van der Waals surface area (Å²) in [6.45, 7) is 7.85. The topological polar surface area (TPSA) is 66.6 Å². The van der Waals surface area contributed by atoms with Gasteiger partial charge < -0.3 is 15.5 Å². The van der Waals surface area contributed by atoms with E-state index < -0.39 is 0 Å². The highest BCUT2D eigenvalue weighted by Gasteiger charge is 2.38. The van der Waals surface area contributed by atoms with E-state index >= 15 is 0 Å². The molecule has 26 heavy (non-hydrogen) atoms. The van der Waals surface area contributed by atoms with E-state index in [9.17, 15) is 9.59 Å². The van der Waals surface area contributed by atoms with Gasteiger partial charge in [-0.25, -0.2) is 0 Å². The monoisotopic (exact) mass is 375 g/mol. The van der Waals surface area contributed by atoms with Crippen LogP contribution in [0.4, 0.5) is 0 Å². The number of hydrogen-bond acceptors (Lipinski definition) is 4. The van der Waals surface area contributed by atoms with Crippen molar-refractivity contribution < 1.29 is 9.59 Å². The van der Waals surface area contributed by atoms with Crippen molar-refractivity contribution in [1.29, 1.82) is 0 Å². The van der Waals surface area contributed by atoms with Gasteiger partial charge in [-0.3, -0.25) is 9.59 Å². The number of carbonyl (C=O) groups is 2. The van der Waals surface area contributed by atoms with Gasteiger partial charge in [-0.2, -0.15) is 0 Å². The van der Waals surface area contributed by atoms with Gasteiger partial charge in [0.25, 0.3) is 5.91 Å². The third kappa shape index (κ3) is 4.07. The zero-order chi connectivity index (χ0) is 18.9. The summed E-state index contributed by atoms with van der Waals surface area (Å²) in [5.41, 5.74) is 7.84. The smallest absolute Gasteiger partial charge is 0.255 e. The highest BCUT2D eigenvalue weighted by Crippen LogP contribution is 2.27. The van der Waals surface area contributed by atoms with Crippen LogP contribution in [0.5, 0.6) is 0 Å². The molecule has 1 aromatic rings. The molecule has 0 radical (unpaired) electrons. The predicted molar refractivity (Wildman–Crippen MR) is 106 cm³/mol. The normalized spacial score (nSPS) is 21.9. The molecule has 2 aliphatic heterocycles. The summed E-state index contributed by atoms with van der Waals surface area (Å²) in [6, 6.07) is 7.62. The molecule has 6 heteroatoms. The minimum absolute atomic E-state index is 0.0532. The Morgan fingerprint density at radius 2 is 1.73 bits per heavy atom. The summed E-state index contributed by atoms with van der Waals surface area (Å²) >= 11 is 1.65. The van der Waals surface area contributed by atoms with E-state index in [4.69, 9.17) is 5.73 Å². The maximum atomic E-state index is 13.0. The van der Waals surface area contributed by atoms with Crippen molar-refractivity contribution in [2.24, 2.45) is 5.73 Å². The van der Waals surface area contributed by atoms with E-state index in [1.807, 2.05) is 29.2 Å². The number of amides is 2. The van der Waals surface area contributed by atoms with Gasteiger partial charge in [0.1, 0.15) is 6.04 Å². The van der Waals surface area contributed by atoms with Gasteiger partial charge in [0.05, 0.1) is 5.88 Å². The van der Waals surface area contributed by atoms with Crippen LogP contribution in [0.3, 0.4) is 0 Å². The lowest BCUT2D eigenvalue weighted by Gasteiger charge is -2.34. The Morgan fingerprint density at radius 1 is 1.12 bits per heavy atom. The van der Waals surface area contributed by atoms with E-state index in [1.165, 1.54) is 5.56 Å². The van der Waals surface area contributed by atoms with Crippen LogP contribution in [0.15, 0.2) is 24.3 Å². The molecule has 0 spiro atoms. The fourth-order valence-electron chi connectivity index (χ4n) is 3.46. The number of rotatable bonds is 2. The Hall–Kier alpha value is -1.53. The van der Waals surface area contributed by atoms with Gasteiger partial charge in [0.15, 0.2) is 0 Å². The molecule has 2 amide bonds. The first-order valence-electron chi connectivity index (χ1n) is 9.31. The molecule has 5 nitrogen and oxygen atoms in total. The fraction of sp³-hybridized carbons (Fsp3) is 0.600. The summed E-state index contributed by atoms with van der Waals surface area (Å²) in [7, 11) is 0. The number of piperidine rings is 1. The number of hydrogen-bond donors (Lipinski definition) is 1. The van der Waals surface area contributed by atoms with Gasteiger partial charge in [-0.1, -0.05) is 32.9 Å². The Labute approximate surface area is 160 Å². The van der Waals surface area contributed by atoms with Crippen LogP contribution in [-0.2, 0) is 10.2 Å². The molecule has 0 saturated carbocycles. The third-order valence-corrected chi connectivity index (χ3v) is 6.29. The van der Waals surface area contributed by atoms with Crippen molar-refractivity contribution in [3.05, 3.63) is 35.4 Å². The third-order valence-electron chi connectivity index (χ3n) is 5.28. The highest BCUT2D eigenvalue weighted by atomic mass is 32.2. The predicted octanol–water partition coefficient (Wildman–Crippen LogP) is 2.45. The number of nitrogens with two attached hydrogens (primary N) is 1. The van der Waals surface area contributed by atoms with Crippen molar-refractivity contribution in [2.45, 2.75) is 51.1 Å². The largest absolute Gasteiger partial charge is 0.341 e. The van der Waals surface area contributed by atoms with Gasteiger partial charge in [-0.15, -0.1) is 11.8 Å². The summed E-state index contributed by atoms with van der Waals surface area (Å²) in [4.78, 5) is 29.5. The number of carbonyl (C=O) groups excluding carboxylic acids is 2. The standard InChI is InChI=1S/C20H29N3O2S/c1-20(2,3)15-6-4-14(5-7-15)18(24)23-13-26-12-17(23)19(25)22-10-8-16(21)9-11-22/h4-7,16-17H,8-13,21H2,1-3H3. The van der Waals surface area contributed by atoms with Crippen LogP contribution in [-0.4, -0.2) is 58.4 Å². The van der Waals surface area contributed by atoms with Crippen LogP contribution in [0.25, 0.3) is 0 Å². The van der Waals surface area contributed by atoms with Gasteiger partial charge in [-0.05, 0) is 36.0 Å². The Bertz CT molecular complexity index is 661. The minimum Gasteiger partial charge on any atom is -0.341 e. The molecule has 2 aliphatic rings. The van der Waals surface area contributed by atoms with Gasteiger partial charge >= 0.3 is 0 Å². The lowest BCUT2D eigenvalue weighted by Crippen LogP contribution is -2.52. The van der Waals surface area contributed by atoms with Crippen LogP contribution < -0.4 is 5.73 Å². The zero-order valence-corrected chi connectivity index (χ0v) is 16.7. The molecular weight excluding hydrogens is 346 g/mol. The number of thioether (sulfide) groups is 1. The first-order chi connectivity index (χ1) is 12.3. The molecule has 2 saturated heterocycles. The summed E-state index contributed by atoms with van der Waals surface area (Å²) < 4.78 is 0. The number of nitrogens with zero attached hydrogens (tertiary/aromatic N) is 2. The zero-order valence-electron chi connectivity index (χ0n) is 15.9. The first-order valence-corrected chi connectivity index (χ1v) is 10.5. The lowest BCUT2D eigenvalue weighted by atomic mass is 9.86. The van der Waals surface area contributed by atoms with Crippen LogP contribution >= 0.6 is 11.8 Å². The molecule has 2 fully saturated rings. The lowest BCUT2D eigenvalue weighted by molar-refractivity contribution is -0.135. The summed E-state index contributed by atoms with van der Waals surface area (Å²) in [5, 5.41) is 0. The number of likely N-dealkylation sites (tertiary alicyclic amines) is 1. The quantitative estimate of drug-likeness (QED) is 0.862. The second-order valence-corrected chi connectivity index (χ2v) is 9.28. The minimum atomic E-state index is -0.357. The fourth-order valence-corrected chi connectivity index (χ4v) is 4.60. The molecule has 0 bridgehead atoms. The van der Waals surface area contributed by atoms with Crippen LogP contribution in [0.1, 0.15) is 49.5 Å². The average molecular weight is 376 g/mol. The first kappa shape index (κ1) is 19.2. The molecule has 0 aromatic heterocycles. The molecule has 142 valence electrons. The molecule has 0 aliphatic carbocycles. The molecule has 1 atom stereocenters. The van der Waals surface area contributed by atoms with Gasteiger partial charge in [0, 0.05) is 30.4 Å². The number of benzene rings is 1. The van der Waals surface area contributed by atoms with E-state index in [0.29, 0.717) is 30.3 Å². The Kier molecular flexibility index (Phi) is 5.63. The Morgan fingerprint density at radius 3 is 2.31 bits per heavy atom. The molecule has 1 unspecified atom stereocenters. The SMILES string of the molecule is CC(C)(C)c1ccc(C(=O)N2CSCC2C(=O)N2CCC(N)CC2)cc1. The molecule has 2 N–H and O–H groups in total. The van der Waals surface area contributed by atoms with E-state index in [-0.39, 0.29) is 29.3 Å². The van der Waals surface area contributed by atoms with Crippen molar-refractivity contribution in [2.75, 3.05) is 24.7 Å². The maximum absolute atomic E-state index is 13.0. The van der Waals surface area contributed by atoms with Crippen molar-refractivity contribution in [1.82, 2.24) is 9.80 Å². The van der Waals surface area contributed by atoms with E-state index in [0.717, 1.165) is 12.8 Å². The highest BCUT2D eigenvalue weighted by molar-refractivity contribution is 7.99. The average Bonchev–Trinajstić information content (AvgIpc) is 3.10. The Balaban J connectivity index is 1.71. The van der Waals surface area contributed by atoms with Crippen molar-refractivity contribution in [3.8, 4) is 0 Å². The van der Waals surface area contributed by atoms with Crippen molar-refractivity contribution in [3.63, 3.8) is 0 Å². The molecule has 3 rings (SSSR count). The van der Waals surface area contributed by atoms with Gasteiger partial charge in [0.2, 0.25) is 5.91 Å². The maximum Gasteiger partial charge on any atom is 0.255 e. The van der Waals surface area contributed by atoms with Crippen LogP contribution in [0.2, 0.25) is 0 Å². The van der Waals surface area contributed by atoms with Crippen LogP contribution in [0, 0.1) is 0 Å². The molecule has 2 heterocycles.